The standard InChI is InChI=1S/C20H17FN4O/c21-15-5-7-16(8-6-15)26-19-10-12-23-20(25-19)22-11-9-14-13-24-18-4-2-1-3-17(14)18/h1-8,10,12-13,24H,9,11H2,(H,22,23,25). The number of anilines is 1. The van der Waals surface area contributed by atoms with Crippen molar-refractivity contribution in [3.8, 4) is 11.6 Å². The predicted molar refractivity (Wildman–Crippen MR) is 99.0 cm³/mol. The lowest BCUT2D eigenvalue weighted by Crippen LogP contribution is -2.08. The fraction of sp³-hybridized carbons (Fsp3) is 0.100. The maximum atomic E-state index is 12.9. The molecule has 0 saturated carbocycles. The van der Waals surface area contributed by atoms with Gasteiger partial charge in [0, 0.05) is 35.9 Å². The molecule has 0 atom stereocenters. The molecule has 4 rings (SSSR count). The number of hydrogen-bond acceptors (Lipinski definition) is 4. The van der Waals surface area contributed by atoms with Gasteiger partial charge < -0.3 is 15.0 Å². The molecule has 0 aliphatic heterocycles. The van der Waals surface area contributed by atoms with Crippen molar-refractivity contribution in [1.82, 2.24) is 15.0 Å². The van der Waals surface area contributed by atoms with E-state index in [4.69, 9.17) is 4.74 Å². The van der Waals surface area contributed by atoms with Crippen molar-refractivity contribution in [3.63, 3.8) is 0 Å². The topological polar surface area (TPSA) is 62.8 Å². The van der Waals surface area contributed by atoms with Crippen LogP contribution < -0.4 is 10.1 Å². The molecule has 2 N–H and O–H groups in total. The summed E-state index contributed by atoms with van der Waals surface area (Å²) in [5.74, 6) is 1.11. The first-order valence-electron chi connectivity index (χ1n) is 8.33. The van der Waals surface area contributed by atoms with E-state index in [1.54, 1.807) is 24.4 Å². The minimum Gasteiger partial charge on any atom is -0.439 e. The van der Waals surface area contributed by atoms with Gasteiger partial charge in [-0.05, 0) is 42.3 Å². The smallest absolute Gasteiger partial charge is 0.225 e. The monoisotopic (exact) mass is 348 g/mol. The summed E-state index contributed by atoms with van der Waals surface area (Å²) in [6.45, 7) is 0.696. The highest BCUT2D eigenvalue weighted by atomic mass is 19.1. The van der Waals surface area contributed by atoms with Crippen molar-refractivity contribution in [2.24, 2.45) is 0 Å². The summed E-state index contributed by atoms with van der Waals surface area (Å²) in [4.78, 5) is 11.8. The van der Waals surface area contributed by atoms with Gasteiger partial charge in [0.25, 0.3) is 0 Å². The van der Waals surface area contributed by atoms with Crippen molar-refractivity contribution in [2.45, 2.75) is 6.42 Å². The summed E-state index contributed by atoms with van der Waals surface area (Å²) in [7, 11) is 0. The van der Waals surface area contributed by atoms with Crippen LogP contribution in [0.2, 0.25) is 0 Å². The molecule has 2 heterocycles. The third-order valence-corrected chi connectivity index (χ3v) is 4.02. The molecule has 0 unspecified atom stereocenters. The van der Waals surface area contributed by atoms with Gasteiger partial charge in [-0.2, -0.15) is 4.98 Å². The summed E-state index contributed by atoms with van der Waals surface area (Å²) in [5, 5.41) is 4.43. The van der Waals surface area contributed by atoms with Crippen LogP contribution in [0.15, 0.2) is 67.0 Å². The molecule has 6 heteroatoms. The van der Waals surface area contributed by atoms with Gasteiger partial charge in [0.15, 0.2) is 0 Å². The molecule has 0 saturated heterocycles. The van der Waals surface area contributed by atoms with E-state index in [9.17, 15) is 4.39 Å². The highest BCUT2D eigenvalue weighted by molar-refractivity contribution is 5.83. The lowest BCUT2D eigenvalue weighted by molar-refractivity contribution is 0.460. The van der Waals surface area contributed by atoms with Crippen molar-refractivity contribution < 1.29 is 9.13 Å². The van der Waals surface area contributed by atoms with E-state index in [1.807, 2.05) is 18.3 Å². The average Bonchev–Trinajstić information content (AvgIpc) is 3.07. The quantitative estimate of drug-likeness (QED) is 0.537. The zero-order chi connectivity index (χ0) is 17.8. The van der Waals surface area contributed by atoms with Gasteiger partial charge >= 0.3 is 0 Å². The molecule has 0 aliphatic carbocycles. The molecule has 0 radical (unpaired) electrons. The Morgan fingerprint density at radius 3 is 2.77 bits per heavy atom. The highest BCUT2D eigenvalue weighted by Crippen LogP contribution is 2.20. The summed E-state index contributed by atoms with van der Waals surface area (Å²) in [5.41, 5.74) is 2.38. The second-order valence-corrected chi connectivity index (χ2v) is 5.81. The fourth-order valence-corrected chi connectivity index (χ4v) is 2.75. The third kappa shape index (κ3) is 3.64. The molecule has 130 valence electrons. The predicted octanol–water partition coefficient (Wildman–Crippen LogP) is 4.54. The van der Waals surface area contributed by atoms with Gasteiger partial charge in [-0.3, -0.25) is 0 Å². The molecule has 0 spiro atoms. The van der Waals surface area contributed by atoms with Gasteiger partial charge in [-0.25, -0.2) is 9.37 Å². The Balaban J connectivity index is 1.38. The Bertz CT molecular complexity index is 1010. The van der Waals surface area contributed by atoms with E-state index in [1.165, 1.54) is 23.1 Å². The Kier molecular flexibility index (Phi) is 4.47. The maximum Gasteiger partial charge on any atom is 0.225 e. The Morgan fingerprint density at radius 2 is 1.88 bits per heavy atom. The van der Waals surface area contributed by atoms with Crippen LogP contribution in [0.4, 0.5) is 10.3 Å². The molecule has 2 aromatic heterocycles. The number of nitrogens with zero attached hydrogens (tertiary/aromatic N) is 2. The van der Waals surface area contributed by atoms with Crippen molar-refractivity contribution >= 4 is 16.9 Å². The molecular weight excluding hydrogens is 331 g/mol. The molecule has 2 aromatic carbocycles. The largest absolute Gasteiger partial charge is 0.439 e. The first-order valence-corrected chi connectivity index (χ1v) is 8.33. The van der Waals surface area contributed by atoms with Crippen molar-refractivity contribution in [2.75, 3.05) is 11.9 Å². The van der Waals surface area contributed by atoms with Gasteiger partial charge in [0.2, 0.25) is 11.8 Å². The van der Waals surface area contributed by atoms with Crippen LogP contribution in [0.3, 0.4) is 0 Å². The molecule has 0 amide bonds. The van der Waals surface area contributed by atoms with E-state index >= 15 is 0 Å². The number of benzene rings is 2. The first-order chi connectivity index (χ1) is 12.8. The van der Waals surface area contributed by atoms with Crippen LogP contribution in [-0.2, 0) is 6.42 Å². The number of H-pyrrole nitrogens is 1. The van der Waals surface area contributed by atoms with Crippen LogP contribution in [0, 0.1) is 5.82 Å². The summed E-state index contributed by atoms with van der Waals surface area (Å²) < 4.78 is 18.6. The number of fused-ring (bicyclic) bond motifs is 1. The summed E-state index contributed by atoms with van der Waals surface area (Å²) >= 11 is 0. The SMILES string of the molecule is Fc1ccc(Oc2ccnc(NCCc3c[nH]c4ccccc34)n2)cc1. The number of aromatic nitrogens is 3. The molecule has 26 heavy (non-hydrogen) atoms. The minimum atomic E-state index is -0.306. The molecular formula is C20H17FN4O. The number of ether oxygens (including phenoxy) is 1. The lowest BCUT2D eigenvalue weighted by Gasteiger charge is -2.07. The van der Waals surface area contributed by atoms with Crippen molar-refractivity contribution in [1.29, 1.82) is 0 Å². The summed E-state index contributed by atoms with van der Waals surface area (Å²) in [6.07, 6.45) is 4.50. The number of nitrogens with one attached hydrogen (secondary N) is 2. The normalized spacial score (nSPS) is 10.8. The Morgan fingerprint density at radius 1 is 1.04 bits per heavy atom. The van der Waals surface area contributed by atoms with Crippen molar-refractivity contribution in [3.05, 3.63) is 78.4 Å². The zero-order valence-corrected chi connectivity index (χ0v) is 13.9. The minimum absolute atomic E-state index is 0.306. The molecule has 0 aliphatic rings. The van der Waals surface area contributed by atoms with Gasteiger partial charge in [0.05, 0.1) is 0 Å². The second kappa shape index (κ2) is 7.23. The number of para-hydroxylation sites is 1. The third-order valence-electron chi connectivity index (χ3n) is 4.02. The van der Waals surface area contributed by atoms with E-state index in [2.05, 4.69) is 32.4 Å². The second-order valence-electron chi connectivity index (χ2n) is 5.81. The zero-order valence-electron chi connectivity index (χ0n) is 13.9. The van der Waals surface area contributed by atoms with Gasteiger partial charge in [0.1, 0.15) is 11.6 Å². The van der Waals surface area contributed by atoms with Crippen LogP contribution in [0.5, 0.6) is 11.6 Å². The number of rotatable bonds is 6. The lowest BCUT2D eigenvalue weighted by atomic mass is 10.1. The van der Waals surface area contributed by atoms with E-state index in [-0.39, 0.29) is 5.82 Å². The van der Waals surface area contributed by atoms with E-state index in [0.29, 0.717) is 24.1 Å². The number of aromatic amines is 1. The van der Waals surface area contributed by atoms with E-state index < -0.39 is 0 Å². The summed E-state index contributed by atoms with van der Waals surface area (Å²) in [6, 6.07) is 15.7. The fourth-order valence-electron chi connectivity index (χ4n) is 2.75. The number of halogens is 1. The maximum absolute atomic E-state index is 12.9. The molecule has 0 fully saturated rings. The van der Waals surface area contributed by atoms with Crippen LogP contribution >= 0.6 is 0 Å². The van der Waals surface area contributed by atoms with E-state index in [0.717, 1.165) is 11.9 Å². The molecule has 4 aromatic rings. The highest BCUT2D eigenvalue weighted by Gasteiger charge is 2.05. The van der Waals surface area contributed by atoms with Gasteiger partial charge in [-0.15, -0.1) is 0 Å². The van der Waals surface area contributed by atoms with Crippen LogP contribution in [-0.4, -0.2) is 21.5 Å². The van der Waals surface area contributed by atoms with Crippen LogP contribution in [0.25, 0.3) is 10.9 Å². The van der Waals surface area contributed by atoms with Crippen LogP contribution in [0.1, 0.15) is 5.56 Å². The molecule has 5 nitrogen and oxygen atoms in total. The molecule has 0 bridgehead atoms. The Labute approximate surface area is 149 Å². The Hall–Kier alpha value is -3.41. The number of hydrogen-bond donors (Lipinski definition) is 2. The average molecular weight is 348 g/mol. The van der Waals surface area contributed by atoms with Gasteiger partial charge in [-0.1, -0.05) is 18.2 Å². The first kappa shape index (κ1) is 16.1.